The Labute approximate surface area is 81.1 Å². The first-order valence-corrected chi connectivity index (χ1v) is 4.07. The monoisotopic (exact) mass is 194 g/mol. The number of carbonyl (C=O) groups excluding carboxylic acids is 2. The number of ether oxygens (including phenoxy) is 1. The summed E-state index contributed by atoms with van der Waals surface area (Å²) >= 11 is 0. The SMILES string of the molecule is CC(=O)CC(=O)Oc1cccc(O)c1. The van der Waals surface area contributed by atoms with E-state index >= 15 is 0 Å². The average Bonchev–Trinajstić information content (AvgIpc) is 2.01. The van der Waals surface area contributed by atoms with Crippen molar-refractivity contribution in [2.24, 2.45) is 0 Å². The number of hydrogen-bond acceptors (Lipinski definition) is 4. The number of phenolic OH excluding ortho intramolecular Hbond substituents is 1. The van der Waals surface area contributed by atoms with E-state index in [1.165, 1.54) is 25.1 Å². The third kappa shape index (κ3) is 3.26. The molecule has 0 heterocycles. The van der Waals surface area contributed by atoms with Gasteiger partial charge in [-0.25, -0.2) is 0 Å². The van der Waals surface area contributed by atoms with Crippen LogP contribution in [0.3, 0.4) is 0 Å². The Kier molecular flexibility index (Phi) is 3.23. The van der Waals surface area contributed by atoms with Crippen LogP contribution in [-0.4, -0.2) is 16.9 Å². The van der Waals surface area contributed by atoms with E-state index < -0.39 is 5.97 Å². The van der Waals surface area contributed by atoms with Gasteiger partial charge in [0.2, 0.25) is 0 Å². The first kappa shape index (κ1) is 10.2. The predicted octanol–water partition coefficient (Wildman–Crippen LogP) is 1.28. The first-order chi connectivity index (χ1) is 6.58. The van der Waals surface area contributed by atoms with E-state index in [9.17, 15) is 9.59 Å². The van der Waals surface area contributed by atoms with E-state index in [4.69, 9.17) is 9.84 Å². The summed E-state index contributed by atoms with van der Waals surface area (Å²) in [5.41, 5.74) is 0. The third-order valence-electron chi connectivity index (χ3n) is 1.44. The zero-order valence-corrected chi connectivity index (χ0v) is 7.69. The summed E-state index contributed by atoms with van der Waals surface area (Å²) in [7, 11) is 0. The van der Waals surface area contributed by atoms with Crippen LogP contribution in [-0.2, 0) is 9.59 Å². The third-order valence-corrected chi connectivity index (χ3v) is 1.44. The molecule has 0 atom stereocenters. The van der Waals surface area contributed by atoms with Crippen molar-refractivity contribution < 1.29 is 19.4 Å². The molecule has 1 aromatic rings. The van der Waals surface area contributed by atoms with E-state index in [-0.39, 0.29) is 23.7 Å². The highest BCUT2D eigenvalue weighted by atomic mass is 16.5. The second-order valence-corrected chi connectivity index (χ2v) is 2.85. The molecule has 0 amide bonds. The maximum absolute atomic E-state index is 11.0. The Hall–Kier alpha value is -1.84. The minimum Gasteiger partial charge on any atom is -0.508 e. The van der Waals surface area contributed by atoms with E-state index in [2.05, 4.69) is 0 Å². The van der Waals surface area contributed by atoms with Gasteiger partial charge in [-0.05, 0) is 19.1 Å². The molecule has 0 aliphatic heterocycles. The molecule has 0 radical (unpaired) electrons. The largest absolute Gasteiger partial charge is 0.508 e. The number of Topliss-reactive ketones (excluding diaryl/α,β-unsaturated/α-hetero) is 1. The number of ketones is 1. The lowest BCUT2D eigenvalue weighted by Crippen LogP contribution is -2.11. The zero-order chi connectivity index (χ0) is 10.6. The van der Waals surface area contributed by atoms with Crippen molar-refractivity contribution >= 4 is 11.8 Å². The van der Waals surface area contributed by atoms with E-state index in [1.807, 2.05) is 0 Å². The predicted molar refractivity (Wildman–Crippen MR) is 49.0 cm³/mol. The lowest BCUT2D eigenvalue weighted by Gasteiger charge is -2.02. The average molecular weight is 194 g/mol. The van der Waals surface area contributed by atoms with Gasteiger partial charge in [0, 0.05) is 6.07 Å². The number of rotatable bonds is 3. The molecule has 1 rings (SSSR count). The number of aromatic hydroxyl groups is 1. The van der Waals surface area contributed by atoms with Crippen LogP contribution in [0.2, 0.25) is 0 Å². The first-order valence-electron chi connectivity index (χ1n) is 4.07. The summed E-state index contributed by atoms with van der Waals surface area (Å²) in [5, 5.41) is 9.05. The minimum absolute atomic E-state index is 0.0122. The molecule has 0 unspecified atom stereocenters. The van der Waals surface area contributed by atoms with Crippen molar-refractivity contribution in [1.29, 1.82) is 0 Å². The second kappa shape index (κ2) is 4.41. The quantitative estimate of drug-likeness (QED) is 0.447. The van der Waals surface area contributed by atoms with Gasteiger partial charge in [-0.1, -0.05) is 6.07 Å². The van der Waals surface area contributed by atoms with Crippen LogP contribution in [0.5, 0.6) is 11.5 Å². The molecule has 0 aliphatic carbocycles. The van der Waals surface area contributed by atoms with Crippen molar-refractivity contribution in [1.82, 2.24) is 0 Å². The summed E-state index contributed by atoms with van der Waals surface area (Å²) in [5.74, 6) is -0.632. The van der Waals surface area contributed by atoms with Crippen LogP contribution in [0.4, 0.5) is 0 Å². The second-order valence-electron chi connectivity index (χ2n) is 2.85. The van der Waals surface area contributed by atoms with Crippen LogP contribution in [0, 0.1) is 0 Å². The van der Waals surface area contributed by atoms with Crippen molar-refractivity contribution in [3.63, 3.8) is 0 Å². The molecule has 74 valence electrons. The van der Waals surface area contributed by atoms with Gasteiger partial charge in [0.15, 0.2) is 0 Å². The number of benzene rings is 1. The fourth-order valence-electron chi connectivity index (χ4n) is 0.918. The molecule has 4 heteroatoms. The Morgan fingerprint density at radius 3 is 2.71 bits per heavy atom. The number of esters is 1. The van der Waals surface area contributed by atoms with Crippen LogP contribution in [0.15, 0.2) is 24.3 Å². The molecule has 0 fully saturated rings. The summed E-state index contributed by atoms with van der Waals surface area (Å²) in [6.45, 7) is 1.31. The van der Waals surface area contributed by atoms with E-state index in [1.54, 1.807) is 6.07 Å². The molecular weight excluding hydrogens is 184 g/mol. The molecule has 0 saturated carbocycles. The Morgan fingerprint density at radius 2 is 2.14 bits per heavy atom. The fourth-order valence-corrected chi connectivity index (χ4v) is 0.918. The van der Waals surface area contributed by atoms with Crippen molar-refractivity contribution in [2.45, 2.75) is 13.3 Å². The number of phenols is 1. The van der Waals surface area contributed by atoms with Crippen molar-refractivity contribution in [3.05, 3.63) is 24.3 Å². The van der Waals surface area contributed by atoms with Gasteiger partial charge in [0.1, 0.15) is 23.7 Å². The zero-order valence-electron chi connectivity index (χ0n) is 7.69. The molecule has 1 aromatic carbocycles. The van der Waals surface area contributed by atoms with Crippen molar-refractivity contribution in [2.75, 3.05) is 0 Å². The standard InChI is InChI=1S/C10H10O4/c1-7(11)5-10(13)14-9-4-2-3-8(12)6-9/h2-4,6,12H,5H2,1H3. The maximum Gasteiger partial charge on any atom is 0.318 e. The van der Waals surface area contributed by atoms with Gasteiger partial charge < -0.3 is 9.84 Å². The molecule has 0 aromatic heterocycles. The Balaban J connectivity index is 2.60. The van der Waals surface area contributed by atoms with Gasteiger partial charge in [0.05, 0.1) is 0 Å². The van der Waals surface area contributed by atoms with Crippen molar-refractivity contribution in [3.8, 4) is 11.5 Å². The Bertz CT molecular complexity index is 357. The fraction of sp³-hybridized carbons (Fsp3) is 0.200. The van der Waals surface area contributed by atoms with Gasteiger partial charge in [-0.15, -0.1) is 0 Å². The lowest BCUT2D eigenvalue weighted by atomic mass is 10.3. The lowest BCUT2D eigenvalue weighted by molar-refractivity contribution is -0.137. The Morgan fingerprint density at radius 1 is 1.43 bits per heavy atom. The molecule has 0 spiro atoms. The minimum atomic E-state index is -0.622. The highest BCUT2D eigenvalue weighted by Gasteiger charge is 2.07. The molecule has 4 nitrogen and oxygen atoms in total. The molecule has 1 N–H and O–H groups in total. The number of carbonyl (C=O) groups is 2. The van der Waals surface area contributed by atoms with Crippen LogP contribution < -0.4 is 4.74 Å². The van der Waals surface area contributed by atoms with Gasteiger partial charge in [0.25, 0.3) is 0 Å². The van der Waals surface area contributed by atoms with Crippen LogP contribution >= 0.6 is 0 Å². The molecule has 0 bridgehead atoms. The van der Waals surface area contributed by atoms with Crippen LogP contribution in [0.1, 0.15) is 13.3 Å². The van der Waals surface area contributed by atoms with E-state index in [0.29, 0.717) is 0 Å². The van der Waals surface area contributed by atoms with E-state index in [0.717, 1.165) is 0 Å². The molecular formula is C10H10O4. The molecule has 14 heavy (non-hydrogen) atoms. The highest BCUT2D eigenvalue weighted by molar-refractivity contribution is 5.94. The maximum atomic E-state index is 11.0. The summed E-state index contributed by atoms with van der Waals surface area (Å²) in [6.07, 6.45) is -0.254. The summed E-state index contributed by atoms with van der Waals surface area (Å²) in [4.78, 5) is 21.6. The highest BCUT2D eigenvalue weighted by Crippen LogP contribution is 2.17. The normalized spacial score (nSPS) is 9.50. The van der Waals surface area contributed by atoms with Gasteiger partial charge in [-0.2, -0.15) is 0 Å². The topological polar surface area (TPSA) is 63.6 Å². The van der Waals surface area contributed by atoms with Crippen LogP contribution in [0.25, 0.3) is 0 Å². The summed E-state index contributed by atoms with van der Waals surface area (Å²) in [6, 6.07) is 5.84. The molecule has 0 aliphatic rings. The smallest absolute Gasteiger partial charge is 0.318 e. The summed E-state index contributed by atoms with van der Waals surface area (Å²) < 4.78 is 4.79. The molecule has 0 saturated heterocycles. The van der Waals surface area contributed by atoms with Gasteiger partial charge >= 0.3 is 5.97 Å². The number of hydrogen-bond donors (Lipinski definition) is 1. The van der Waals surface area contributed by atoms with Gasteiger partial charge in [-0.3, -0.25) is 9.59 Å².